The molecule has 0 saturated carbocycles. The van der Waals surface area contributed by atoms with Gasteiger partial charge in [-0.1, -0.05) is 297 Å². The Hall–Kier alpha value is -10.7. The van der Waals surface area contributed by atoms with Gasteiger partial charge in [0.1, 0.15) is 0 Å². The number of hydrogen-bond acceptors (Lipinski definition) is 2. The summed E-state index contributed by atoms with van der Waals surface area (Å²) in [6, 6.07) is 124. The molecular weight excluding hydrogens is 1470 g/mol. The van der Waals surface area contributed by atoms with Gasteiger partial charge in [-0.05, 0) is 172 Å². The van der Waals surface area contributed by atoms with Crippen LogP contribution in [0.2, 0.25) is 0 Å². The van der Waals surface area contributed by atoms with Gasteiger partial charge in [0, 0.05) is 87.0 Å². The normalized spacial score (nSPS) is 11.0. The Balaban J connectivity index is 0.000000173. The van der Waals surface area contributed by atoms with Crippen molar-refractivity contribution < 1.29 is 0 Å². The minimum atomic E-state index is 0. The predicted molar refractivity (Wildman–Crippen MR) is 448 cm³/mol. The van der Waals surface area contributed by atoms with Crippen LogP contribution >= 0.6 is 54.5 Å². The first-order chi connectivity index (χ1) is 47.8. The van der Waals surface area contributed by atoms with Crippen molar-refractivity contribution >= 4 is 128 Å². The van der Waals surface area contributed by atoms with E-state index in [9.17, 15) is 0 Å². The van der Waals surface area contributed by atoms with E-state index >= 15 is 0 Å². The first-order valence-corrected chi connectivity index (χ1v) is 35.1. The van der Waals surface area contributed by atoms with Crippen LogP contribution in [-0.2, 0) is 6.42 Å². The summed E-state index contributed by atoms with van der Waals surface area (Å²) in [5.74, 6) is 0.702. The maximum atomic E-state index is 5.10. The summed E-state index contributed by atoms with van der Waals surface area (Å²) in [5, 5.41) is 7.53. The highest BCUT2D eigenvalue weighted by Crippen LogP contribution is 2.40. The summed E-state index contributed by atoms with van der Waals surface area (Å²) in [6.45, 7) is 0. The fourth-order valence-corrected chi connectivity index (χ4v) is 15.4. The van der Waals surface area contributed by atoms with Gasteiger partial charge in [0.2, 0.25) is 0 Å². The molecule has 0 aliphatic heterocycles. The van der Waals surface area contributed by atoms with E-state index in [0.29, 0.717) is 5.82 Å². The fourth-order valence-electron chi connectivity index (χ4n) is 13.7. The third-order valence-corrected chi connectivity index (χ3v) is 19.7. The Morgan fingerprint density at radius 2 is 0.614 bits per heavy atom. The standard InChI is InChI=1S/C52H34N4.C18H12BrN.C13H10.C6H4BrI.3CH4.B/c1-3-15-35(16-4-1)46-34-47(36-17-5-2-6-18-36)54-52(53-46)39-20-13-19-37(31-39)38-29-30-51-45(32-38)44-25-9-12-28-50(44)56(51)41-22-14-21-40(33-41)55-48-26-10-7-23-42(48)43-24-8-11-27-49(43)55;19-13-6-5-7-14(12-13)20-17-10-3-1-8-15(17)16-9-2-4-11-18(16)20;1-3-7-12-10(5-1)9-11-6-2-4-8-13(11)12;7-5-2-1-3-6(8)4-5;;;;/h1-34H;1-12H;1-8H,9H2;1-4H;3*1H4;. The van der Waals surface area contributed by atoms with Crippen LogP contribution in [0.1, 0.15) is 33.4 Å². The van der Waals surface area contributed by atoms with Gasteiger partial charge < -0.3 is 13.7 Å². The first-order valence-electron chi connectivity index (χ1n) is 32.4. The molecule has 4 heterocycles. The van der Waals surface area contributed by atoms with E-state index in [1.807, 2.05) is 24.3 Å². The molecule has 101 heavy (non-hydrogen) atoms. The van der Waals surface area contributed by atoms with E-state index in [2.05, 4.69) is 396 Å². The molecule has 5 nitrogen and oxygen atoms in total. The van der Waals surface area contributed by atoms with Crippen LogP contribution in [0.3, 0.4) is 0 Å². The molecular formula is C92H72BBr2IN5. The summed E-state index contributed by atoms with van der Waals surface area (Å²) in [7, 11) is 0. The SMILES string of the molecule is Brc1cccc(-n2c3ccccc3c3ccccc32)c1.Brc1cccc(I)c1.C.C.C.[B].c1ccc(-c2cc(-c3ccccc3)nc(-c3cccc(-c4ccc5c(c4)c4ccccc4n5-c4cccc(-n5c6ccccc6c6ccccc65)c4)c3)n2)cc1.c1ccc2c(c1)Cc1ccccc1-2. The number of benzene rings is 14. The lowest BCUT2D eigenvalue weighted by Gasteiger charge is -2.13. The summed E-state index contributed by atoms with van der Waals surface area (Å²) in [5.41, 5.74) is 23.6. The molecule has 9 heteroatoms. The van der Waals surface area contributed by atoms with E-state index in [0.717, 1.165) is 71.5 Å². The lowest BCUT2D eigenvalue weighted by Crippen LogP contribution is -1.98. The van der Waals surface area contributed by atoms with Crippen LogP contribution in [0.15, 0.2) is 361 Å². The number of nitrogens with zero attached hydrogens (tertiary/aromatic N) is 5. The largest absolute Gasteiger partial charge is 0.309 e. The van der Waals surface area contributed by atoms with Crippen molar-refractivity contribution in [3.05, 3.63) is 375 Å². The molecule has 0 unspecified atom stereocenters. The second-order valence-corrected chi connectivity index (χ2v) is 27.1. The Kier molecular flexibility index (Phi) is 21.7. The predicted octanol–water partition coefficient (Wildman–Crippen LogP) is 26.7. The highest BCUT2D eigenvalue weighted by atomic mass is 127. The Morgan fingerprint density at radius 3 is 1.06 bits per heavy atom. The number of para-hydroxylation sites is 5. The van der Waals surface area contributed by atoms with Gasteiger partial charge in [-0.25, -0.2) is 9.97 Å². The van der Waals surface area contributed by atoms with Crippen LogP contribution in [0.5, 0.6) is 0 Å². The maximum absolute atomic E-state index is 5.10. The Labute approximate surface area is 624 Å². The van der Waals surface area contributed by atoms with E-state index in [-0.39, 0.29) is 30.7 Å². The molecule has 0 bridgehead atoms. The van der Waals surface area contributed by atoms with Gasteiger partial charge in [-0.3, -0.25) is 0 Å². The zero-order valence-electron chi connectivity index (χ0n) is 53.1. The van der Waals surface area contributed by atoms with Crippen molar-refractivity contribution in [3.63, 3.8) is 0 Å². The smallest absolute Gasteiger partial charge is 0.160 e. The molecule has 19 rings (SSSR count). The van der Waals surface area contributed by atoms with Crippen LogP contribution in [0, 0.1) is 3.57 Å². The number of hydrogen-bond donors (Lipinski definition) is 0. The minimum absolute atomic E-state index is 0. The monoisotopic (exact) mass is 1540 g/mol. The van der Waals surface area contributed by atoms with Gasteiger partial charge in [0.25, 0.3) is 0 Å². The lowest BCUT2D eigenvalue weighted by molar-refractivity contribution is 1.13. The third-order valence-electron chi connectivity index (χ3n) is 18.1. The molecule has 0 amide bonds. The van der Waals surface area contributed by atoms with E-state index in [1.165, 1.54) is 91.4 Å². The van der Waals surface area contributed by atoms with Crippen LogP contribution < -0.4 is 0 Å². The number of fused-ring (bicyclic) bond motifs is 12. The summed E-state index contributed by atoms with van der Waals surface area (Å²) >= 11 is 9.20. The van der Waals surface area contributed by atoms with Crippen LogP contribution in [0.4, 0.5) is 0 Å². The average molecular weight is 1550 g/mol. The second kappa shape index (κ2) is 31.2. The zero-order chi connectivity index (χ0) is 65.2. The third kappa shape index (κ3) is 14.2. The second-order valence-electron chi connectivity index (χ2n) is 24.0. The molecule has 0 N–H and O–H groups in total. The van der Waals surface area contributed by atoms with Crippen molar-refractivity contribution in [2.45, 2.75) is 28.7 Å². The van der Waals surface area contributed by atoms with Gasteiger partial charge in [-0.2, -0.15) is 0 Å². The van der Waals surface area contributed by atoms with Gasteiger partial charge >= 0.3 is 0 Å². The summed E-state index contributed by atoms with van der Waals surface area (Å²) < 4.78 is 10.6. The fraction of sp³-hybridized carbons (Fsp3) is 0.0435. The number of halogens is 3. The molecule has 0 fully saturated rings. The maximum Gasteiger partial charge on any atom is 0.160 e. The topological polar surface area (TPSA) is 40.6 Å². The minimum Gasteiger partial charge on any atom is -0.309 e. The molecule has 1 aliphatic carbocycles. The van der Waals surface area contributed by atoms with Gasteiger partial charge in [0.15, 0.2) is 5.82 Å². The van der Waals surface area contributed by atoms with Crippen LogP contribution in [0.25, 0.3) is 139 Å². The Bertz CT molecular complexity index is 5710. The Morgan fingerprint density at radius 1 is 0.267 bits per heavy atom. The number of rotatable bonds is 7. The van der Waals surface area contributed by atoms with Gasteiger partial charge in [-0.15, -0.1) is 0 Å². The molecule has 14 aromatic carbocycles. The van der Waals surface area contributed by atoms with Crippen LogP contribution in [-0.4, -0.2) is 32.1 Å². The van der Waals surface area contributed by atoms with Crippen molar-refractivity contribution in [2.75, 3.05) is 0 Å². The summed E-state index contributed by atoms with van der Waals surface area (Å²) in [4.78, 5) is 10.2. The number of aromatic nitrogens is 5. The molecule has 3 radical (unpaired) electrons. The molecule has 0 saturated heterocycles. The quantitative estimate of drug-likeness (QED) is 0.118. The molecule has 4 aromatic heterocycles. The van der Waals surface area contributed by atoms with Gasteiger partial charge in [0.05, 0.1) is 44.5 Å². The lowest BCUT2D eigenvalue weighted by atomic mass is 10.00. The molecule has 489 valence electrons. The van der Waals surface area contributed by atoms with E-state index < -0.39 is 0 Å². The van der Waals surface area contributed by atoms with Crippen molar-refractivity contribution in [1.82, 2.24) is 23.7 Å². The van der Waals surface area contributed by atoms with E-state index in [4.69, 9.17) is 9.97 Å². The molecule has 0 spiro atoms. The van der Waals surface area contributed by atoms with Crippen molar-refractivity contribution in [1.29, 1.82) is 0 Å². The molecule has 18 aromatic rings. The van der Waals surface area contributed by atoms with E-state index in [1.54, 1.807) is 0 Å². The molecule has 1 aliphatic rings. The van der Waals surface area contributed by atoms with Crippen molar-refractivity contribution in [2.24, 2.45) is 0 Å². The zero-order valence-corrected chi connectivity index (χ0v) is 58.5. The highest BCUT2D eigenvalue weighted by Gasteiger charge is 2.20. The van der Waals surface area contributed by atoms with Crippen molar-refractivity contribution in [3.8, 4) is 73.2 Å². The first kappa shape index (κ1) is 70.2. The highest BCUT2D eigenvalue weighted by molar-refractivity contribution is 14.1. The summed E-state index contributed by atoms with van der Waals surface area (Å²) in [6.07, 6.45) is 1.10. The average Bonchev–Trinajstić information content (AvgIpc) is 1.60. The molecule has 0 atom stereocenters.